The Hall–Kier alpha value is -2.80. The first-order valence-electron chi connectivity index (χ1n) is 9.48. The lowest BCUT2D eigenvalue weighted by molar-refractivity contribution is -0.142. The minimum atomic E-state index is -0.215. The maximum absolute atomic E-state index is 12.5. The van der Waals surface area contributed by atoms with Gasteiger partial charge in [-0.3, -0.25) is 9.59 Å². The van der Waals surface area contributed by atoms with E-state index in [1.807, 2.05) is 55.6 Å². The SMILES string of the molecule is CCOC(=O)C(Cc1ccc(OCCn2ncc3ccccc3c2=O)cc1)SC. The second kappa shape index (κ2) is 10.1. The standard InChI is InChI=1S/C22H24N2O4S/c1-3-27-22(26)20(29-2)14-16-8-10-18(11-9-16)28-13-12-24-21(25)19-7-5-4-6-17(19)15-23-24/h4-11,15,20H,3,12-14H2,1-2H3. The Morgan fingerprint density at radius 1 is 1.17 bits per heavy atom. The summed E-state index contributed by atoms with van der Waals surface area (Å²) < 4.78 is 12.3. The predicted octanol–water partition coefficient (Wildman–Crippen LogP) is 3.31. The van der Waals surface area contributed by atoms with Crippen LogP contribution in [0.15, 0.2) is 59.5 Å². The van der Waals surface area contributed by atoms with Crippen molar-refractivity contribution in [3.63, 3.8) is 0 Å². The molecule has 1 aromatic heterocycles. The molecule has 0 saturated heterocycles. The molecule has 7 heteroatoms. The monoisotopic (exact) mass is 412 g/mol. The Balaban J connectivity index is 1.56. The molecule has 1 heterocycles. The van der Waals surface area contributed by atoms with Crippen molar-refractivity contribution in [3.05, 3.63) is 70.6 Å². The Morgan fingerprint density at radius 3 is 2.66 bits per heavy atom. The molecule has 0 spiro atoms. The number of nitrogens with zero attached hydrogens (tertiary/aromatic N) is 2. The fourth-order valence-corrected chi connectivity index (χ4v) is 3.59. The highest BCUT2D eigenvalue weighted by atomic mass is 32.2. The summed E-state index contributed by atoms with van der Waals surface area (Å²) in [6.45, 7) is 2.89. The van der Waals surface area contributed by atoms with Crippen molar-refractivity contribution >= 4 is 28.5 Å². The average Bonchev–Trinajstić information content (AvgIpc) is 2.75. The zero-order valence-corrected chi connectivity index (χ0v) is 17.4. The van der Waals surface area contributed by atoms with Gasteiger partial charge < -0.3 is 9.47 Å². The van der Waals surface area contributed by atoms with Gasteiger partial charge in [-0.1, -0.05) is 30.3 Å². The van der Waals surface area contributed by atoms with E-state index in [4.69, 9.17) is 9.47 Å². The average molecular weight is 413 g/mol. The van der Waals surface area contributed by atoms with Crippen LogP contribution < -0.4 is 10.3 Å². The quantitative estimate of drug-likeness (QED) is 0.502. The summed E-state index contributed by atoms with van der Waals surface area (Å²) >= 11 is 1.49. The minimum absolute atomic E-state index is 0.121. The number of fused-ring (bicyclic) bond motifs is 1. The Labute approximate surface area is 173 Å². The molecule has 1 atom stereocenters. The fourth-order valence-electron chi connectivity index (χ4n) is 2.97. The second-order valence-corrected chi connectivity index (χ2v) is 7.47. The number of hydrogen-bond donors (Lipinski definition) is 0. The van der Waals surface area contributed by atoms with Crippen molar-refractivity contribution in [1.29, 1.82) is 0 Å². The normalized spacial score (nSPS) is 11.9. The maximum Gasteiger partial charge on any atom is 0.319 e. The van der Waals surface area contributed by atoms with Gasteiger partial charge in [-0.2, -0.15) is 5.10 Å². The van der Waals surface area contributed by atoms with E-state index in [0.717, 1.165) is 10.9 Å². The van der Waals surface area contributed by atoms with Gasteiger partial charge in [0, 0.05) is 5.39 Å². The molecule has 0 N–H and O–H groups in total. The van der Waals surface area contributed by atoms with E-state index >= 15 is 0 Å². The summed E-state index contributed by atoms with van der Waals surface area (Å²) in [6.07, 6.45) is 4.20. The van der Waals surface area contributed by atoms with Gasteiger partial charge in [0.1, 0.15) is 17.6 Å². The van der Waals surface area contributed by atoms with Crippen LogP contribution in [0.5, 0.6) is 5.75 Å². The van der Waals surface area contributed by atoms with Crippen molar-refractivity contribution in [2.75, 3.05) is 19.5 Å². The van der Waals surface area contributed by atoms with Crippen molar-refractivity contribution in [3.8, 4) is 5.75 Å². The van der Waals surface area contributed by atoms with Crippen LogP contribution in [0.1, 0.15) is 12.5 Å². The van der Waals surface area contributed by atoms with Crippen LogP contribution in [0.3, 0.4) is 0 Å². The van der Waals surface area contributed by atoms with Crippen LogP contribution in [0, 0.1) is 0 Å². The first-order valence-corrected chi connectivity index (χ1v) is 10.8. The van der Waals surface area contributed by atoms with Crippen LogP contribution in [0.4, 0.5) is 0 Å². The molecular formula is C22H24N2O4S. The van der Waals surface area contributed by atoms with Crippen molar-refractivity contribution in [2.45, 2.75) is 25.1 Å². The molecule has 1 unspecified atom stereocenters. The smallest absolute Gasteiger partial charge is 0.319 e. The summed E-state index contributed by atoms with van der Waals surface area (Å²) in [5.74, 6) is 0.521. The summed E-state index contributed by atoms with van der Waals surface area (Å²) in [4.78, 5) is 24.4. The van der Waals surface area contributed by atoms with Crippen molar-refractivity contribution in [1.82, 2.24) is 9.78 Å². The number of thioether (sulfide) groups is 1. The lowest BCUT2D eigenvalue weighted by Gasteiger charge is -2.13. The molecule has 0 saturated carbocycles. The van der Waals surface area contributed by atoms with Gasteiger partial charge >= 0.3 is 5.97 Å². The summed E-state index contributed by atoms with van der Waals surface area (Å²) in [5, 5.41) is 5.47. The molecule has 0 amide bonds. The molecule has 152 valence electrons. The lowest BCUT2D eigenvalue weighted by atomic mass is 10.1. The first-order chi connectivity index (χ1) is 14.1. The van der Waals surface area contributed by atoms with Gasteiger partial charge in [-0.15, -0.1) is 11.8 Å². The number of rotatable bonds is 9. The lowest BCUT2D eigenvalue weighted by Crippen LogP contribution is -2.25. The molecule has 0 fully saturated rings. The summed E-state index contributed by atoms with van der Waals surface area (Å²) in [6, 6.07) is 15.0. The Morgan fingerprint density at radius 2 is 1.93 bits per heavy atom. The molecule has 0 bridgehead atoms. The highest BCUT2D eigenvalue weighted by molar-refractivity contribution is 7.99. The fraction of sp³-hybridized carbons (Fsp3) is 0.318. The minimum Gasteiger partial charge on any atom is -0.492 e. The van der Waals surface area contributed by atoms with E-state index < -0.39 is 0 Å². The number of hydrogen-bond acceptors (Lipinski definition) is 6. The molecule has 0 aliphatic carbocycles. The Kier molecular flexibility index (Phi) is 7.30. The van der Waals surface area contributed by atoms with E-state index in [1.165, 1.54) is 16.4 Å². The van der Waals surface area contributed by atoms with E-state index in [0.29, 0.717) is 37.3 Å². The first kappa shape index (κ1) is 20.9. The van der Waals surface area contributed by atoms with Crippen LogP contribution in [-0.2, 0) is 22.5 Å². The molecule has 3 rings (SSSR count). The van der Waals surface area contributed by atoms with Crippen LogP contribution in [0.2, 0.25) is 0 Å². The van der Waals surface area contributed by atoms with Gasteiger partial charge in [0.05, 0.1) is 24.7 Å². The van der Waals surface area contributed by atoms with Gasteiger partial charge in [-0.25, -0.2) is 4.68 Å². The molecule has 0 radical (unpaired) electrons. The number of benzene rings is 2. The van der Waals surface area contributed by atoms with Crippen molar-refractivity contribution < 1.29 is 14.3 Å². The van der Waals surface area contributed by atoms with Gasteiger partial charge in [0.2, 0.25) is 0 Å². The van der Waals surface area contributed by atoms with E-state index in [-0.39, 0.29) is 16.8 Å². The van der Waals surface area contributed by atoms with Gasteiger partial charge in [-0.05, 0) is 43.4 Å². The third kappa shape index (κ3) is 5.38. The predicted molar refractivity (Wildman–Crippen MR) is 116 cm³/mol. The number of aromatic nitrogens is 2. The maximum atomic E-state index is 12.5. The number of ether oxygens (including phenoxy) is 2. The van der Waals surface area contributed by atoms with Crippen molar-refractivity contribution in [2.24, 2.45) is 0 Å². The van der Waals surface area contributed by atoms with Gasteiger partial charge in [0.25, 0.3) is 5.56 Å². The topological polar surface area (TPSA) is 70.4 Å². The summed E-state index contributed by atoms with van der Waals surface area (Å²) in [7, 11) is 0. The van der Waals surface area contributed by atoms with Crippen LogP contribution in [0.25, 0.3) is 10.8 Å². The third-order valence-electron chi connectivity index (χ3n) is 4.51. The van der Waals surface area contributed by atoms with Gasteiger partial charge in [0.15, 0.2) is 0 Å². The van der Waals surface area contributed by atoms with Crippen LogP contribution in [-0.4, -0.2) is 40.5 Å². The molecule has 0 aliphatic rings. The molecule has 0 aliphatic heterocycles. The summed E-state index contributed by atoms with van der Waals surface area (Å²) in [5.41, 5.74) is 0.918. The molecule has 29 heavy (non-hydrogen) atoms. The zero-order valence-electron chi connectivity index (χ0n) is 16.5. The largest absolute Gasteiger partial charge is 0.492 e. The number of carbonyl (C=O) groups is 1. The number of esters is 1. The zero-order chi connectivity index (χ0) is 20.6. The third-order valence-corrected chi connectivity index (χ3v) is 5.44. The molecule has 6 nitrogen and oxygen atoms in total. The van der Waals surface area contributed by atoms with Crippen LogP contribution >= 0.6 is 11.8 Å². The highest BCUT2D eigenvalue weighted by Crippen LogP contribution is 2.18. The van der Waals surface area contributed by atoms with E-state index in [9.17, 15) is 9.59 Å². The Bertz CT molecular complexity index is 1020. The number of carbonyl (C=O) groups excluding carboxylic acids is 1. The molecule has 2 aromatic carbocycles. The highest BCUT2D eigenvalue weighted by Gasteiger charge is 2.18. The van der Waals surface area contributed by atoms with E-state index in [2.05, 4.69) is 5.10 Å². The van der Waals surface area contributed by atoms with E-state index in [1.54, 1.807) is 12.3 Å². The molecular weight excluding hydrogens is 388 g/mol. The molecule has 3 aromatic rings. The second-order valence-electron chi connectivity index (χ2n) is 6.43.